The predicted molar refractivity (Wildman–Crippen MR) is 86.2 cm³/mol. The highest BCUT2D eigenvalue weighted by atomic mass is 16.7. The molecule has 0 fully saturated rings. The molecule has 5 heteroatoms. The lowest BCUT2D eigenvalue weighted by atomic mass is 10.1. The summed E-state index contributed by atoms with van der Waals surface area (Å²) in [5.74, 6) is 1.64. The first-order chi connectivity index (χ1) is 11.3. The molecule has 0 atom stereocenters. The Labute approximate surface area is 135 Å². The smallest absolute Gasteiger partial charge is 0.231 e. The Morgan fingerprint density at radius 3 is 2.87 bits per heavy atom. The van der Waals surface area contributed by atoms with E-state index in [9.17, 15) is 4.79 Å². The van der Waals surface area contributed by atoms with Crippen LogP contribution < -0.4 is 9.47 Å². The van der Waals surface area contributed by atoms with Crippen molar-refractivity contribution in [1.29, 1.82) is 0 Å². The Morgan fingerprint density at radius 2 is 2.09 bits per heavy atom. The maximum Gasteiger partial charge on any atom is 0.231 e. The van der Waals surface area contributed by atoms with Crippen molar-refractivity contribution in [2.45, 2.75) is 26.3 Å². The molecule has 3 rings (SSSR count). The molecule has 5 nitrogen and oxygen atoms in total. The van der Waals surface area contributed by atoms with Crippen LogP contribution in [0.5, 0.6) is 11.5 Å². The molecule has 1 aliphatic heterocycles. The van der Waals surface area contributed by atoms with E-state index < -0.39 is 0 Å². The number of carbonyl (C=O) groups is 1. The van der Waals surface area contributed by atoms with Crippen molar-refractivity contribution in [3.8, 4) is 11.5 Å². The van der Waals surface area contributed by atoms with Gasteiger partial charge in [-0.2, -0.15) is 0 Å². The molecule has 2 aromatic rings. The topological polar surface area (TPSA) is 51.7 Å². The molecule has 0 saturated carbocycles. The van der Waals surface area contributed by atoms with Crippen LogP contribution in [-0.4, -0.2) is 29.1 Å². The SMILES string of the molecule is CCC(=O)N(CCc1ccccn1)Cc1ccc2c(c1)OCO2. The Hall–Kier alpha value is -2.56. The first-order valence-electron chi connectivity index (χ1n) is 7.82. The zero-order valence-corrected chi connectivity index (χ0v) is 13.2. The summed E-state index contributed by atoms with van der Waals surface area (Å²) < 4.78 is 10.7. The van der Waals surface area contributed by atoms with Crippen LogP contribution in [0.4, 0.5) is 0 Å². The van der Waals surface area contributed by atoms with Gasteiger partial charge in [0.05, 0.1) is 0 Å². The first-order valence-corrected chi connectivity index (χ1v) is 7.82. The molecule has 0 radical (unpaired) electrons. The number of fused-ring (bicyclic) bond motifs is 1. The minimum atomic E-state index is 0.138. The molecule has 120 valence electrons. The third-order valence-corrected chi connectivity index (χ3v) is 3.83. The van der Waals surface area contributed by atoms with Crippen molar-refractivity contribution in [3.05, 3.63) is 53.9 Å². The van der Waals surface area contributed by atoms with E-state index in [1.54, 1.807) is 6.20 Å². The van der Waals surface area contributed by atoms with Crippen molar-refractivity contribution in [2.75, 3.05) is 13.3 Å². The molecule has 2 heterocycles. The molecule has 0 bridgehead atoms. The molecule has 1 aliphatic rings. The number of pyridine rings is 1. The average molecular weight is 312 g/mol. The van der Waals surface area contributed by atoms with Gasteiger partial charge in [-0.05, 0) is 29.8 Å². The van der Waals surface area contributed by atoms with Gasteiger partial charge in [-0.15, -0.1) is 0 Å². The van der Waals surface area contributed by atoms with Gasteiger partial charge in [0.15, 0.2) is 11.5 Å². The van der Waals surface area contributed by atoms with E-state index in [-0.39, 0.29) is 12.7 Å². The fraction of sp³-hybridized carbons (Fsp3) is 0.333. The van der Waals surface area contributed by atoms with Gasteiger partial charge in [-0.3, -0.25) is 9.78 Å². The van der Waals surface area contributed by atoms with E-state index in [1.807, 2.05) is 48.2 Å². The standard InChI is InChI=1S/C18H20N2O3/c1-2-18(21)20(10-8-15-5-3-4-9-19-15)12-14-6-7-16-17(11-14)23-13-22-16/h3-7,9,11H,2,8,10,12-13H2,1H3. The molecule has 1 aromatic carbocycles. The fourth-order valence-electron chi connectivity index (χ4n) is 2.57. The lowest BCUT2D eigenvalue weighted by molar-refractivity contribution is -0.131. The van der Waals surface area contributed by atoms with Gasteiger partial charge in [0.1, 0.15) is 0 Å². The zero-order valence-electron chi connectivity index (χ0n) is 13.2. The summed E-state index contributed by atoms with van der Waals surface area (Å²) in [4.78, 5) is 18.4. The van der Waals surface area contributed by atoms with Gasteiger partial charge < -0.3 is 14.4 Å². The van der Waals surface area contributed by atoms with Crippen molar-refractivity contribution in [2.24, 2.45) is 0 Å². The molecule has 1 aromatic heterocycles. The van der Waals surface area contributed by atoms with Crippen molar-refractivity contribution >= 4 is 5.91 Å². The molecule has 0 saturated heterocycles. The van der Waals surface area contributed by atoms with Crippen molar-refractivity contribution < 1.29 is 14.3 Å². The summed E-state index contributed by atoms with van der Waals surface area (Å²) in [6.07, 6.45) is 3.02. The summed E-state index contributed by atoms with van der Waals surface area (Å²) in [6.45, 7) is 3.36. The van der Waals surface area contributed by atoms with Gasteiger partial charge in [0.2, 0.25) is 12.7 Å². The van der Waals surface area contributed by atoms with Gasteiger partial charge in [-0.25, -0.2) is 0 Å². The molecular formula is C18H20N2O3. The van der Waals surface area contributed by atoms with E-state index in [0.717, 1.165) is 29.2 Å². The van der Waals surface area contributed by atoms with E-state index >= 15 is 0 Å². The van der Waals surface area contributed by atoms with Crippen LogP contribution in [0.3, 0.4) is 0 Å². The normalized spacial score (nSPS) is 12.2. The van der Waals surface area contributed by atoms with Gasteiger partial charge in [0.25, 0.3) is 0 Å². The van der Waals surface area contributed by atoms with Crippen LogP contribution in [0.25, 0.3) is 0 Å². The highest BCUT2D eigenvalue weighted by molar-refractivity contribution is 5.75. The van der Waals surface area contributed by atoms with Gasteiger partial charge >= 0.3 is 0 Å². The van der Waals surface area contributed by atoms with Crippen LogP contribution in [0, 0.1) is 0 Å². The summed E-state index contributed by atoms with van der Waals surface area (Å²) in [7, 11) is 0. The zero-order chi connectivity index (χ0) is 16.1. The molecule has 23 heavy (non-hydrogen) atoms. The van der Waals surface area contributed by atoms with Crippen molar-refractivity contribution in [3.63, 3.8) is 0 Å². The lowest BCUT2D eigenvalue weighted by Crippen LogP contribution is -2.32. The number of ether oxygens (including phenoxy) is 2. The summed E-state index contributed by atoms with van der Waals surface area (Å²) in [5, 5.41) is 0. The number of amides is 1. The molecule has 0 unspecified atom stereocenters. The minimum Gasteiger partial charge on any atom is -0.454 e. The number of benzene rings is 1. The number of rotatable bonds is 6. The van der Waals surface area contributed by atoms with Crippen LogP contribution in [-0.2, 0) is 17.8 Å². The van der Waals surface area contributed by atoms with Crippen LogP contribution >= 0.6 is 0 Å². The Kier molecular flexibility index (Phi) is 4.76. The summed E-state index contributed by atoms with van der Waals surface area (Å²) >= 11 is 0. The highest BCUT2D eigenvalue weighted by Crippen LogP contribution is 2.32. The Bertz CT molecular complexity index is 673. The predicted octanol–water partition coefficient (Wildman–Crippen LogP) is 2.79. The second-order valence-corrected chi connectivity index (χ2v) is 5.43. The average Bonchev–Trinajstić information content (AvgIpc) is 3.06. The number of aromatic nitrogens is 1. The molecular weight excluding hydrogens is 292 g/mol. The van der Waals surface area contributed by atoms with E-state index in [2.05, 4.69) is 4.98 Å². The van der Waals surface area contributed by atoms with Gasteiger partial charge in [0, 0.05) is 37.8 Å². The number of carbonyl (C=O) groups excluding carboxylic acids is 1. The molecule has 0 spiro atoms. The second-order valence-electron chi connectivity index (χ2n) is 5.43. The number of hydrogen-bond donors (Lipinski definition) is 0. The quantitative estimate of drug-likeness (QED) is 0.823. The van der Waals surface area contributed by atoms with E-state index in [1.165, 1.54) is 0 Å². The summed E-state index contributed by atoms with van der Waals surface area (Å²) in [6, 6.07) is 11.7. The van der Waals surface area contributed by atoms with Crippen LogP contribution in [0.2, 0.25) is 0 Å². The monoisotopic (exact) mass is 312 g/mol. The third kappa shape index (κ3) is 3.80. The van der Waals surface area contributed by atoms with Crippen LogP contribution in [0.1, 0.15) is 24.6 Å². The largest absolute Gasteiger partial charge is 0.454 e. The Balaban J connectivity index is 1.68. The van der Waals surface area contributed by atoms with E-state index in [0.29, 0.717) is 19.5 Å². The summed E-state index contributed by atoms with van der Waals surface area (Å²) in [5.41, 5.74) is 2.03. The highest BCUT2D eigenvalue weighted by Gasteiger charge is 2.16. The molecule has 0 N–H and O–H groups in total. The molecule has 1 amide bonds. The molecule has 0 aliphatic carbocycles. The second kappa shape index (κ2) is 7.13. The maximum atomic E-state index is 12.2. The van der Waals surface area contributed by atoms with E-state index in [4.69, 9.17) is 9.47 Å². The first kappa shape index (κ1) is 15.3. The van der Waals surface area contributed by atoms with Gasteiger partial charge in [-0.1, -0.05) is 19.1 Å². The number of hydrogen-bond acceptors (Lipinski definition) is 4. The third-order valence-electron chi connectivity index (χ3n) is 3.83. The fourth-order valence-corrected chi connectivity index (χ4v) is 2.57. The maximum absolute atomic E-state index is 12.2. The Morgan fingerprint density at radius 1 is 1.22 bits per heavy atom. The van der Waals surface area contributed by atoms with Crippen LogP contribution in [0.15, 0.2) is 42.6 Å². The van der Waals surface area contributed by atoms with Crippen molar-refractivity contribution in [1.82, 2.24) is 9.88 Å². The lowest BCUT2D eigenvalue weighted by Gasteiger charge is -2.22. The minimum absolute atomic E-state index is 0.138. The number of nitrogens with zero attached hydrogens (tertiary/aromatic N) is 2.